The van der Waals surface area contributed by atoms with Gasteiger partial charge in [-0.1, -0.05) is 51.0 Å². The zero-order chi connectivity index (χ0) is 20.0. The Labute approximate surface area is 182 Å². The van der Waals surface area contributed by atoms with Gasteiger partial charge in [0.1, 0.15) is 16.1 Å². The first-order valence-electron chi connectivity index (χ1n) is 8.60. The lowest BCUT2D eigenvalue weighted by atomic mass is 10.2. The van der Waals surface area contributed by atoms with Crippen molar-refractivity contribution in [1.29, 1.82) is 0 Å². The summed E-state index contributed by atoms with van der Waals surface area (Å²) in [4.78, 5) is 17.8. The Kier molecular flexibility index (Phi) is 4.58. The average Bonchev–Trinajstić information content (AvgIpc) is 3.41. The molecule has 142 valence electrons. The molecule has 0 amide bonds. The molecular formula is C21H11BrClN3O2S. The van der Waals surface area contributed by atoms with Gasteiger partial charge in [-0.15, -0.1) is 5.10 Å². The van der Waals surface area contributed by atoms with Crippen LogP contribution in [0.25, 0.3) is 33.7 Å². The molecule has 2 aromatic carbocycles. The molecule has 5 aromatic rings. The second-order valence-corrected chi connectivity index (χ2v) is 8.62. The Morgan fingerprint density at radius 2 is 1.72 bits per heavy atom. The van der Waals surface area contributed by atoms with E-state index in [-0.39, 0.29) is 5.56 Å². The van der Waals surface area contributed by atoms with Crippen LogP contribution in [0.5, 0.6) is 0 Å². The summed E-state index contributed by atoms with van der Waals surface area (Å²) in [6.07, 6.45) is 1.71. The number of furan rings is 1. The van der Waals surface area contributed by atoms with E-state index < -0.39 is 0 Å². The van der Waals surface area contributed by atoms with Crippen LogP contribution in [-0.2, 0) is 0 Å². The monoisotopic (exact) mass is 483 g/mol. The highest BCUT2D eigenvalue weighted by molar-refractivity contribution is 9.10. The van der Waals surface area contributed by atoms with E-state index in [1.54, 1.807) is 6.08 Å². The van der Waals surface area contributed by atoms with Gasteiger partial charge in [0.2, 0.25) is 4.96 Å². The first kappa shape index (κ1) is 18.3. The smallest absolute Gasteiger partial charge is 0.291 e. The van der Waals surface area contributed by atoms with Gasteiger partial charge >= 0.3 is 0 Å². The van der Waals surface area contributed by atoms with E-state index in [1.165, 1.54) is 15.9 Å². The molecule has 0 spiro atoms. The van der Waals surface area contributed by atoms with E-state index >= 15 is 0 Å². The fourth-order valence-corrected chi connectivity index (χ4v) is 4.16. The summed E-state index contributed by atoms with van der Waals surface area (Å²) >= 11 is 10.6. The molecule has 29 heavy (non-hydrogen) atoms. The summed E-state index contributed by atoms with van der Waals surface area (Å²) in [5.41, 5.74) is 1.55. The number of aromatic nitrogens is 3. The number of thiazole rings is 1. The molecule has 0 aliphatic carbocycles. The Balaban J connectivity index is 1.51. The largest absolute Gasteiger partial charge is 0.457 e. The van der Waals surface area contributed by atoms with Crippen LogP contribution in [0.2, 0.25) is 5.02 Å². The summed E-state index contributed by atoms with van der Waals surface area (Å²) in [7, 11) is 0. The van der Waals surface area contributed by atoms with Crippen LogP contribution in [0.3, 0.4) is 0 Å². The maximum Gasteiger partial charge on any atom is 0.291 e. The molecule has 3 heterocycles. The fourth-order valence-electron chi connectivity index (χ4n) is 2.88. The van der Waals surface area contributed by atoms with Crippen molar-refractivity contribution >= 4 is 49.9 Å². The molecule has 0 saturated carbocycles. The van der Waals surface area contributed by atoms with E-state index in [4.69, 9.17) is 16.0 Å². The van der Waals surface area contributed by atoms with E-state index in [0.29, 0.717) is 31.9 Å². The normalized spacial score (nSPS) is 12.1. The summed E-state index contributed by atoms with van der Waals surface area (Å²) in [6, 6.07) is 18.7. The molecule has 0 radical (unpaired) electrons. The Morgan fingerprint density at radius 1 is 1.00 bits per heavy atom. The van der Waals surface area contributed by atoms with Crippen LogP contribution in [-0.4, -0.2) is 14.6 Å². The van der Waals surface area contributed by atoms with Crippen LogP contribution in [0.15, 0.2) is 74.3 Å². The summed E-state index contributed by atoms with van der Waals surface area (Å²) in [6.45, 7) is 0. The Hall–Kier alpha value is -2.74. The molecule has 0 aliphatic rings. The lowest BCUT2D eigenvalue weighted by Crippen LogP contribution is -2.23. The van der Waals surface area contributed by atoms with Crippen molar-refractivity contribution in [2.75, 3.05) is 0 Å². The van der Waals surface area contributed by atoms with Crippen molar-refractivity contribution in [3.05, 3.63) is 90.8 Å². The van der Waals surface area contributed by atoms with Crippen LogP contribution in [0, 0.1) is 0 Å². The third kappa shape index (κ3) is 3.53. The van der Waals surface area contributed by atoms with Crippen LogP contribution >= 0.6 is 38.9 Å². The lowest BCUT2D eigenvalue weighted by molar-refractivity contribution is 0.571. The number of rotatable bonds is 3. The van der Waals surface area contributed by atoms with Crippen molar-refractivity contribution in [2.24, 2.45) is 0 Å². The Bertz CT molecular complexity index is 1440. The predicted molar refractivity (Wildman–Crippen MR) is 118 cm³/mol. The number of fused-ring (bicyclic) bond motifs is 1. The van der Waals surface area contributed by atoms with Crippen LogP contribution < -0.4 is 10.1 Å². The van der Waals surface area contributed by atoms with E-state index in [2.05, 4.69) is 26.0 Å². The number of halogens is 2. The van der Waals surface area contributed by atoms with Gasteiger partial charge in [0.05, 0.1) is 0 Å². The molecule has 0 fully saturated rings. The van der Waals surface area contributed by atoms with Gasteiger partial charge in [0, 0.05) is 26.7 Å². The first-order chi connectivity index (χ1) is 14.1. The van der Waals surface area contributed by atoms with E-state index in [1.807, 2.05) is 60.7 Å². The van der Waals surface area contributed by atoms with Gasteiger partial charge in [-0.05, 0) is 48.5 Å². The third-order valence-electron chi connectivity index (χ3n) is 4.31. The van der Waals surface area contributed by atoms with E-state index in [9.17, 15) is 4.79 Å². The second kappa shape index (κ2) is 7.26. The SMILES string of the molecule is O=c1c(=Cc2ccc(-c3ccc(Cl)cc3)o2)sc2nc(-c3ccc(Br)cc3)nn12. The average molecular weight is 485 g/mol. The predicted octanol–water partition coefficient (Wildman–Crippen LogP) is 5.04. The molecule has 0 saturated heterocycles. The molecule has 0 N–H and O–H groups in total. The van der Waals surface area contributed by atoms with Crippen LogP contribution in [0.1, 0.15) is 5.76 Å². The fraction of sp³-hybridized carbons (Fsp3) is 0. The van der Waals surface area contributed by atoms with Crippen LogP contribution in [0.4, 0.5) is 0 Å². The molecule has 0 aliphatic heterocycles. The standard InChI is InChI=1S/C21H11BrClN3O2S/c22-14-5-1-13(2-6-14)19-24-21-26(25-19)20(27)18(29-21)11-16-9-10-17(28-16)12-3-7-15(23)8-4-12/h1-11H. The van der Waals surface area contributed by atoms with Crippen molar-refractivity contribution in [2.45, 2.75) is 0 Å². The zero-order valence-corrected chi connectivity index (χ0v) is 17.8. The van der Waals surface area contributed by atoms with Gasteiger partial charge in [-0.3, -0.25) is 4.79 Å². The topological polar surface area (TPSA) is 60.4 Å². The molecule has 0 bridgehead atoms. The van der Waals surface area contributed by atoms with Crippen molar-refractivity contribution in [1.82, 2.24) is 14.6 Å². The summed E-state index contributed by atoms with van der Waals surface area (Å²) < 4.78 is 8.68. The minimum Gasteiger partial charge on any atom is -0.457 e. The van der Waals surface area contributed by atoms with Gasteiger partial charge < -0.3 is 4.42 Å². The number of hydrogen-bond donors (Lipinski definition) is 0. The number of benzene rings is 2. The molecule has 5 rings (SSSR count). The highest BCUT2D eigenvalue weighted by Crippen LogP contribution is 2.24. The third-order valence-corrected chi connectivity index (χ3v) is 6.05. The van der Waals surface area contributed by atoms with E-state index in [0.717, 1.165) is 15.6 Å². The maximum absolute atomic E-state index is 12.7. The van der Waals surface area contributed by atoms with Crippen molar-refractivity contribution in [3.63, 3.8) is 0 Å². The first-order valence-corrected chi connectivity index (χ1v) is 10.6. The zero-order valence-electron chi connectivity index (χ0n) is 14.7. The number of nitrogens with zero attached hydrogens (tertiary/aromatic N) is 3. The molecule has 5 nitrogen and oxygen atoms in total. The van der Waals surface area contributed by atoms with Gasteiger partial charge in [-0.2, -0.15) is 9.50 Å². The summed E-state index contributed by atoms with van der Waals surface area (Å²) in [5, 5.41) is 5.03. The molecule has 8 heteroatoms. The summed E-state index contributed by atoms with van der Waals surface area (Å²) in [5.74, 6) is 1.82. The lowest BCUT2D eigenvalue weighted by Gasteiger charge is -1.96. The van der Waals surface area contributed by atoms with Crippen molar-refractivity contribution < 1.29 is 4.42 Å². The highest BCUT2D eigenvalue weighted by Gasteiger charge is 2.12. The number of hydrogen-bond acceptors (Lipinski definition) is 5. The highest BCUT2D eigenvalue weighted by atomic mass is 79.9. The molecule has 0 unspecified atom stereocenters. The molecular weight excluding hydrogens is 474 g/mol. The molecule has 0 atom stereocenters. The maximum atomic E-state index is 12.7. The van der Waals surface area contributed by atoms with Gasteiger partial charge in [0.25, 0.3) is 5.56 Å². The minimum absolute atomic E-state index is 0.217. The van der Waals surface area contributed by atoms with Gasteiger partial charge in [-0.25, -0.2) is 0 Å². The Morgan fingerprint density at radius 3 is 2.45 bits per heavy atom. The second-order valence-electron chi connectivity index (χ2n) is 6.26. The van der Waals surface area contributed by atoms with Crippen molar-refractivity contribution in [3.8, 4) is 22.7 Å². The molecule has 3 aromatic heterocycles. The van der Waals surface area contributed by atoms with Gasteiger partial charge in [0.15, 0.2) is 5.82 Å². The minimum atomic E-state index is -0.217. The quantitative estimate of drug-likeness (QED) is 0.360.